The van der Waals surface area contributed by atoms with Gasteiger partial charge >= 0.3 is 5.97 Å². The maximum Gasteiger partial charge on any atom is 0.330 e. The third kappa shape index (κ3) is 11.8. The average Bonchev–Trinajstić information content (AvgIpc) is 2.43. The molecule has 0 bridgehead atoms. The SMILES string of the molecule is CC=CC(=O)OCCC[N+](C)(C)C.Cc1ccc(S(=O)(=O)[O-])cc1. The molecule has 0 spiro atoms. The number of carbonyl (C=O) groups excluding carboxylic acids is 1. The number of nitrogens with zero attached hydrogens (tertiary/aromatic N) is 1. The highest BCUT2D eigenvalue weighted by molar-refractivity contribution is 7.85. The number of carbonyl (C=O) groups is 1. The largest absolute Gasteiger partial charge is 0.744 e. The zero-order valence-corrected chi connectivity index (χ0v) is 15.8. The summed E-state index contributed by atoms with van der Waals surface area (Å²) in [4.78, 5) is 10.7. The zero-order valence-electron chi connectivity index (χ0n) is 15.0. The van der Waals surface area contributed by atoms with Gasteiger partial charge in [-0.25, -0.2) is 13.2 Å². The summed E-state index contributed by atoms with van der Waals surface area (Å²) in [5.74, 6) is -0.246. The lowest BCUT2D eigenvalue weighted by Gasteiger charge is -2.23. The van der Waals surface area contributed by atoms with E-state index in [2.05, 4.69) is 21.1 Å². The third-order valence-electron chi connectivity index (χ3n) is 2.83. The van der Waals surface area contributed by atoms with E-state index in [1.807, 2.05) is 6.92 Å². The summed E-state index contributed by atoms with van der Waals surface area (Å²) in [6.07, 6.45) is 4.03. The van der Waals surface area contributed by atoms with Gasteiger partial charge in [0.05, 0.1) is 39.2 Å². The lowest BCUT2D eigenvalue weighted by atomic mass is 10.2. The van der Waals surface area contributed by atoms with Crippen molar-refractivity contribution in [3.8, 4) is 0 Å². The Kier molecular flexibility index (Phi) is 9.50. The van der Waals surface area contributed by atoms with Crippen LogP contribution in [-0.2, 0) is 19.6 Å². The lowest BCUT2D eigenvalue weighted by molar-refractivity contribution is -0.870. The minimum atomic E-state index is -4.27. The zero-order chi connectivity index (χ0) is 18.8. The average molecular weight is 357 g/mol. The standard InChI is InChI=1S/C10H20NO2.C7H8O3S/c1-5-7-10(12)13-9-6-8-11(2,3)4;1-6-2-4-7(5-3-6)11(8,9)10/h5,7H,6,8-9H2,1-4H3;2-5H,1H3,(H,8,9,10)/q+1;/p-1. The first kappa shape index (κ1) is 22.3. The Hall–Kier alpha value is -1.70. The van der Waals surface area contributed by atoms with Crippen LogP contribution in [0.2, 0.25) is 0 Å². The number of allylic oxidation sites excluding steroid dienone is 1. The fourth-order valence-corrected chi connectivity index (χ4v) is 2.07. The van der Waals surface area contributed by atoms with Gasteiger partial charge in [-0.05, 0) is 26.0 Å². The molecule has 0 heterocycles. The van der Waals surface area contributed by atoms with Crippen molar-refractivity contribution in [2.75, 3.05) is 34.3 Å². The van der Waals surface area contributed by atoms with Crippen LogP contribution in [-0.4, -0.2) is 57.7 Å². The second-order valence-electron chi connectivity index (χ2n) is 6.30. The fourth-order valence-electron chi connectivity index (χ4n) is 1.60. The van der Waals surface area contributed by atoms with Gasteiger partial charge in [0, 0.05) is 12.5 Å². The van der Waals surface area contributed by atoms with Crippen molar-refractivity contribution in [2.24, 2.45) is 0 Å². The van der Waals surface area contributed by atoms with Gasteiger partial charge in [-0.3, -0.25) is 0 Å². The van der Waals surface area contributed by atoms with Crippen LogP contribution in [0.25, 0.3) is 0 Å². The Morgan fingerprint density at radius 1 is 1.21 bits per heavy atom. The van der Waals surface area contributed by atoms with E-state index in [1.165, 1.54) is 18.2 Å². The molecule has 0 N–H and O–H groups in total. The van der Waals surface area contributed by atoms with E-state index >= 15 is 0 Å². The fraction of sp³-hybridized carbons (Fsp3) is 0.471. The van der Waals surface area contributed by atoms with Crippen molar-refractivity contribution in [3.63, 3.8) is 0 Å². The summed E-state index contributed by atoms with van der Waals surface area (Å²) in [6, 6.07) is 5.78. The Bertz CT molecular complexity index is 628. The highest BCUT2D eigenvalue weighted by Gasteiger charge is 2.06. The smallest absolute Gasteiger partial charge is 0.330 e. The van der Waals surface area contributed by atoms with Crippen LogP contribution in [0.15, 0.2) is 41.3 Å². The van der Waals surface area contributed by atoms with Crippen LogP contribution < -0.4 is 0 Å². The molecule has 0 saturated carbocycles. The van der Waals surface area contributed by atoms with E-state index < -0.39 is 10.1 Å². The predicted octanol–water partition coefficient (Wildman–Crippen LogP) is 2.10. The molecular formula is C17H27NO5S. The summed E-state index contributed by atoms with van der Waals surface area (Å²) < 4.78 is 37.0. The number of hydrogen-bond acceptors (Lipinski definition) is 5. The molecular weight excluding hydrogens is 330 g/mol. The highest BCUT2D eigenvalue weighted by atomic mass is 32.2. The third-order valence-corrected chi connectivity index (χ3v) is 3.68. The van der Waals surface area contributed by atoms with Crippen molar-refractivity contribution >= 4 is 16.1 Å². The number of benzene rings is 1. The first-order chi connectivity index (χ1) is 11.0. The minimum Gasteiger partial charge on any atom is -0.744 e. The van der Waals surface area contributed by atoms with E-state index in [9.17, 15) is 17.8 Å². The Morgan fingerprint density at radius 3 is 2.17 bits per heavy atom. The summed E-state index contributed by atoms with van der Waals surface area (Å²) in [5.41, 5.74) is 0.928. The van der Waals surface area contributed by atoms with Gasteiger partial charge in [-0.2, -0.15) is 0 Å². The topological polar surface area (TPSA) is 83.5 Å². The van der Waals surface area contributed by atoms with Crippen molar-refractivity contribution in [1.29, 1.82) is 0 Å². The number of quaternary nitrogens is 1. The Balaban J connectivity index is 0.000000446. The van der Waals surface area contributed by atoms with E-state index in [0.717, 1.165) is 23.0 Å². The number of esters is 1. The molecule has 1 aromatic rings. The molecule has 0 amide bonds. The first-order valence-corrected chi connectivity index (χ1v) is 8.99. The molecule has 0 aliphatic carbocycles. The quantitative estimate of drug-likeness (QED) is 0.256. The minimum absolute atomic E-state index is 0.178. The van der Waals surface area contributed by atoms with Crippen molar-refractivity contribution in [3.05, 3.63) is 42.0 Å². The van der Waals surface area contributed by atoms with E-state index in [-0.39, 0.29) is 10.9 Å². The molecule has 136 valence electrons. The van der Waals surface area contributed by atoms with Crippen LogP contribution >= 0.6 is 0 Å². The molecule has 0 aliphatic rings. The van der Waals surface area contributed by atoms with Gasteiger partial charge in [-0.1, -0.05) is 23.8 Å². The normalized spacial score (nSPS) is 11.8. The van der Waals surface area contributed by atoms with Crippen LogP contribution in [0, 0.1) is 6.92 Å². The molecule has 0 atom stereocenters. The molecule has 6 nitrogen and oxygen atoms in total. The maximum absolute atomic E-state index is 10.9. The summed E-state index contributed by atoms with van der Waals surface area (Å²) in [5, 5.41) is 0. The molecule has 0 unspecified atom stereocenters. The molecule has 1 rings (SSSR count). The van der Waals surface area contributed by atoms with E-state index in [4.69, 9.17) is 4.74 Å². The van der Waals surface area contributed by atoms with Gasteiger partial charge in [0.1, 0.15) is 10.1 Å². The summed E-state index contributed by atoms with van der Waals surface area (Å²) >= 11 is 0. The van der Waals surface area contributed by atoms with Crippen LogP contribution in [0.4, 0.5) is 0 Å². The van der Waals surface area contributed by atoms with Crippen LogP contribution in [0.1, 0.15) is 18.9 Å². The van der Waals surface area contributed by atoms with Crippen molar-refractivity contribution in [2.45, 2.75) is 25.2 Å². The van der Waals surface area contributed by atoms with E-state index in [0.29, 0.717) is 6.61 Å². The predicted molar refractivity (Wildman–Crippen MR) is 92.4 cm³/mol. The molecule has 0 aliphatic heterocycles. The van der Waals surface area contributed by atoms with Gasteiger partial charge < -0.3 is 13.8 Å². The molecule has 0 radical (unpaired) electrons. The van der Waals surface area contributed by atoms with Crippen molar-refractivity contribution in [1.82, 2.24) is 0 Å². The Morgan fingerprint density at radius 2 is 1.75 bits per heavy atom. The molecule has 0 fully saturated rings. The van der Waals surface area contributed by atoms with Crippen molar-refractivity contribution < 1.29 is 27.0 Å². The number of hydrogen-bond donors (Lipinski definition) is 0. The van der Waals surface area contributed by atoms with Gasteiger partial charge in [-0.15, -0.1) is 0 Å². The molecule has 24 heavy (non-hydrogen) atoms. The summed E-state index contributed by atoms with van der Waals surface area (Å²) in [7, 11) is 2.09. The van der Waals surface area contributed by atoms with Gasteiger partial charge in [0.25, 0.3) is 0 Å². The summed E-state index contributed by atoms with van der Waals surface area (Å²) in [6.45, 7) is 5.15. The van der Waals surface area contributed by atoms with Gasteiger partial charge in [0.2, 0.25) is 0 Å². The monoisotopic (exact) mass is 357 g/mol. The Labute approximate surface area is 145 Å². The van der Waals surface area contributed by atoms with E-state index in [1.54, 1.807) is 25.1 Å². The number of rotatable bonds is 6. The van der Waals surface area contributed by atoms with Crippen LogP contribution in [0.5, 0.6) is 0 Å². The maximum atomic E-state index is 10.9. The second-order valence-corrected chi connectivity index (χ2v) is 7.68. The van der Waals surface area contributed by atoms with Gasteiger partial charge in [0.15, 0.2) is 0 Å². The van der Waals surface area contributed by atoms with Crippen LogP contribution in [0.3, 0.4) is 0 Å². The molecule has 0 saturated heterocycles. The molecule has 7 heteroatoms. The lowest BCUT2D eigenvalue weighted by Crippen LogP contribution is -2.35. The first-order valence-electron chi connectivity index (χ1n) is 7.58. The molecule has 1 aromatic carbocycles. The molecule has 0 aromatic heterocycles. The number of ether oxygens (including phenoxy) is 1. The second kappa shape index (κ2) is 10.2. The number of aryl methyl sites for hydroxylation is 1. The highest BCUT2D eigenvalue weighted by Crippen LogP contribution is 2.08.